The number of piperazine rings is 1. The molecule has 2 rings (SSSR count). The fourth-order valence-electron chi connectivity index (χ4n) is 1.94. The van der Waals surface area contributed by atoms with Crippen molar-refractivity contribution in [1.82, 2.24) is 9.80 Å². The Balaban J connectivity index is 1.91. The Morgan fingerprint density at radius 1 is 1.24 bits per heavy atom. The molecule has 1 aliphatic heterocycles. The molecule has 0 unspecified atom stereocenters. The molecule has 2 amide bonds. The van der Waals surface area contributed by atoms with Crippen LogP contribution in [0.25, 0.3) is 0 Å². The van der Waals surface area contributed by atoms with Gasteiger partial charge in [-0.15, -0.1) is 0 Å². The van der Waals surface area contributed by atoms with E-state index in [2.05, 4.69) is 0 Å². The van der Waals surface area contributed by atoms with Gasteiger partial charge in [0, 0.05) is 32.6 Å². The van der Waals surface area contributed by atoms with E-state index < -0.39 is 0 Å². The second-order valence-corrected chi connectivity index (χ2v) is 4.00. The summed E-state index contributed by atoms with van der Waals surface area (Å²) in [6, 6.07) is 3.36. The van der Waals surface area contributed by atoms with Gasteiger partial charge in [-0.05, 0) is 12.1 Å². The van der Waals surface area contributed by atoms with Crippen LogP contribution in [0.4, 0.5) is 0 Å². The van der Waals surface area contributed by atoms with E-state index in [0.29, 0.717) is 38.4 Å². The minimum Gasteiger partial charge on any atom is -0.459 e. The number of hydrogen-bond donors (Lipinski definition) is 0. The number of amides is 2. The first-order valence-electron chi connectivity index (χ1n) is 5.83. The Labute approximate surface area is 100.0 Å². The van der Waals surface area contributed by atoms with E-state index >= 15 is 0 Å². The molecule has 0 atom stereocenters. The van der Waals surface area contributed by atoms with Crippen molar-refractivity contribution in [2.75, 3.05) is 26.2 Å². The molecule has 1 aromatic heterocycles. The zero-order valence-electron chi connectivity index (χ0n) is 9.89. The normalized spacial score (nSPS) is 16.1. The van der Waals surface area contributed by atoms with Crippen LogP contribution in [0.3, 0.4) is 0 Å². The summed E-state index contributed by atoms with van der Waals surface area (Å²) in [7, 11) is 0. The number of carbonyl (C=O) groups is 2. The monoisotopic (exact) mass is 236 g/mol. The van der Waals surface area contributed by atoms with Crippen molar-refractivity contribution >= 4 is 11.8 Å². The van der Waals surface area contributed by atoms with Gasteiger partial charge in [-0.25, -0.2) is 0 Å². The van der Waals surface area contributed by atoms with E-state index in [1.807, 2.05) is 6.92 Å². The van der Waals surface area contributed by atoms with Gasteiger partial charge in [0.25, 0.3) is 5.91 Å². The van der Waals surface area contributed by atoms with Gasteiger partial charge in [-0.3, -0.25) is 9.59 Å². The highest BCUT2D eigenvalue weighted by Gasteiger charge is 2.25. The summed E-state index contributed by atoms with van der Waals surface area (Å²) in [6.45, 7) is 4.22. The SMILES string of the molecule is CCC(=O)N1CCN(C(=O)c2ccco2)CC1. The summed E-state index contributed by atoms with van der Waals surface area (Å²) in [5, 5.41) is 0. The molecule has 0 radical (unpaired) electrons. The predicted molar refractivity (Wildman–Crippen MR) is 61.5 cm³/mol. The Morgan fingerprint density at radius 2 is 1.88 bits per heavy atom. The van der Waals surface area contributed by atoms with Crippen molar-refractivity contribution in [3.8, 4) is 0 Å². The van der Waals surface area contributed by atoms with Crippen LogP contribution in [0.2, 0.25) is 0 Å². The molecular weight excluding hydrogens is 220 g/mol. The zero-order chi connectivity index (χ0) is 12.3. The van der Waals surface area contributed by atoms with E-state index in [1.165, 1.54) is 6.26 Å². The smallest absolute Gasteiger partial charge is 0.289 e. The maximum atomic E-state index is 11.9. The maximum absolute atomic E-state index is 11.9. The molecule has 1 aliphatic rings. The molecule has 0 bridgehead atoms. The molecule has 0 spiro atoms. The maximum Gasteiger partial charge on any atom is 0.289 e. The van der Waals surface area contributed by atoms with Gasteiger partial charge in [0.2, 0.25) is 5.91 Å². The topological polar surface area (TPSA) is 53.8 Å². The first kappa shape index (κ1) is 11.7. The second-order valence-electron chi connectivity index (χ2n) is 4.00. The lowest BCUT2D eigenvalue weighted by Gasteiger charge is -2.34. The molecule has 17 heavy (non-hydrogen) atoms. The lowest BCUT2D eigenvalue weighted by Crippen LogP contribution is -2.50. The van der Waals surface area contributed by atoms with Crippen molar-refractivity contribution < 1.29 is 14.0 Å². The minimum absolute atomic E-state index is 0.0985. The largest absolute Gasteiger partial charge is 0.459 e. The predicted octanol–water partition coefficient (Wildman–Crippen LogP) is 0.974. The van der Waals surface area contributed by atoms with Crippen LogP contribution in [0.1, 0.15) is 23.9 Å². The van der Waals surface area contributed by atoms with Crippen LogP contribution < -0.4 is 0 Å². The summed E-state index contributed by atoms with van der Waals surface area (Å²) < 4.78 is 5.07. The molecular formula is C12H16N2O3. The van der Waals surface area contributed by atoms with Crippen LogP contribution in [0, 0.1) is 0 Å². The summed E-state index contributed by atoms with van der Waals surface area (Å²) in [5.41, 5.74) is 0. The molecule has 2 heterocycles. The van der Waals surface area contributed by atoms with Crippen molar-refractivity contribution in [2.24, 2.45) is 0 Å². The van der Waals surface area contributed by atoms with Gasteiger partial charge in [-0.1, -0.05) is 6.92 Å². The first-order chi connectivity index (χ1) is 8.22. The number of furan rings is 1. The van der Waals surface area contributed by atoms with Crippen molar-refractivity contribution in [3.63, 3.8) is 0 Å². The van der Waals surface area contributed by atoms with Gasteiger partial charge in [0.05, 0.1) is 6.26 Å². The molecule has 0 N–H and O–H groups in total. The number of rotatable bonds is 2. The molecule has 0 aromatic carbocycles. The molecule has 0 aliphatic carbocycles. The van der Waals surface area contributed by atoms with Gasteiger partial charge >= 0.3 is 0 Å². The van der Waals surface area contributed by atoms with Gasteiger partial charge in [0.1, 0.15) is 0 Å². The number of hydrogen-bond acceptors (Lipinski definition) is 3. The van der Waals surface area contributed by atoms with E-state index in [0.717, 1.165) is 0 Å². The highest BCUT2D eigenvalue weighted by Crippen LogP contribution is 2.09. The lowest BCUT2D eigenvalue weighted by atomic mass is 10.2. The van der Waals surface area contributed by atoms with Crippen LogP contribution in [-0.2, 0) is 4.79 Å². The summed E-state index contributed by atoms with van der Waals surface area (Å²) in [5.74, 6) is 0.411. The van der Waals surface area contributed by atoms with E-state index in [-0.39, 0.29) is 11.8 Å². The number of nitrogens with zero attached hydrogens (tertiary/aromatic N) is 2. The van der Waals surface area contributed by atoms with Crippen LogP contribution in [0.15, 0.2) is 22.8 Å². The molecule has 1 aromatic rings. The van der Waals surface area contributed by atoms with E-state index in [1.54, 1.807) is 21.9 Å². The molecule has 1 fully saturated rings. The van der Waals surface area contributed by atoms with E-state index in [4.69, 9.17) is 4.42 Å². The first-order valence-corrected chi connectivity index (χ1v) is 5.83. The van der Waals surface area contributed by atoms with Gasteiger partial charge < -0.3 is 14.2 Å². The summed E-state index contributed by atoms with van der Waals surface area (Å²) >= 11 is 0. The van der Waals surface area contributed by atoms with Crippen LogP contribution >= 0.6 is 0 Å². The Hall–Kier alpha value is -1.78. The van der Waals surface area contributed by atoms with Gasteiger partial charge in [-0.2, -0.15) is 0 Å². The molecule has 92 valence electrons. The third-order valence-electron chi connectivity index (χ3n) is 2.95. The number of carbonyl (C=O) groups excluding carboxylic acids is 2. The molecule has 5 heteroatoms. The highest BCUT2D eigenvalue weighted by molar-refractivity contribution is 5.91. The standard InChI is InChI=1S/C12H16N2O3/c1-2-11(15)13-5-7-14(8-6-13)12(16)10-4-3-9-17-10/h3-4,9H,2,5-8H2,1H3. The summed E-state index contributed by atoms with van der Waals surface area (Å²) in [6.07, 6.45) is 2.01. The molecule has 0 saturated carbocycles. The quantitative estimate of drug-likeness (QED) is 0.769. The average molecular weight is 236 g/mol. The lowest BCUT2D eigenvalue weighted by molar-refractivity contribution is -0.132. The zero-order valence-corrected chi connectivity index (χ0v) is 9.89. The fourth-order valence-corrected chi connectivity index (χ4v) is 1.94. The van der Waals surface area contributed by atoms with Crippen molar-refractivity contribution in [3.05, 3.63) is 24.2 Å². The highest BCUT2D eigenvalue weighted by atomic mass is 16.3. The third kappa shape index (κ3) is 2.49. The molecule has 5 nitrogen and oxygen atoms in total. The Kier molecular flexibility index (Phi) is 3.46. The van der Waals surface area contributed by atoms with Crippen molar-refractivity contribution in [1.29, 1.82) is 0 Å². The fraction of sp³-hybridized carbons (Fsp3) is 0.500. The van der Waals surface area contributed by atoms with E-state index in [9.17, 15) is 9.59 Å². The Bertz CT molecular complexity index is 392. The van der Waals surface area contributed by atoms with Gasteiger partial charge in [0.15, 0.2) is 5.76 Å². The molecule has 1 saturated heterocycles. The van der Waals surface area contributed by atoms with Crippen LogP contribution in [0.5, 0.6) is 0 Å². The summed E-state index contributed by atoms with van der Waals surface area (Å²) in [4.78, 5) is 26.9. The Morgan fingerprint density at radius 3 is 2.41 bits per heavy atom. The second kappa shape index (κ2) is 5.03. The average Bonchev–Trinajstić information content (AvgIpc) is 2.91. The minimum atomic E-state index is -0.0985. The van der Waals surface area contributed by atoms with Crippen LogP contribution in [-0.4, -0.2) is 47.8 Å². The third-order valence-corrected chi connectivity index (χ3v) is 2.95. The van der Waals surface area contributed by atoms with Crippen molar-refractivity contribution in [2.45, 2.75) is 13.3 Å².